The summed E-state index contributed by atoms with van der Waals surface area (Å²) in [6.45, 7) is 2.22. The molecule has 0 bridgehead atoms. The third-order valence-corrected chi connectivity index (χ3v) is 3.98. The SMILES string of the molecule is COCCNCc1cc(Br)ccc1SCC(=O)OC. The third kappa shape index (κ3) is 6.42. The van der Waals surface area contributed by atoms with Gasteiger partial charge in [0.05, 0.1) is 19.5 Å². The van der Waals surface area contributed by atoms with Gasteiger partial charge in [-0.05, 0) is 23.8 Å². The molecule has 0 spiro atoms. The molecule has 0 atom stereocenters. The maximum atomic E-state index is 11.2. The molecule has 0 heterocycles. The number of halogens is 1. The number of carbonyl (C=O) groups is 1. The number of methoxy groups -OCH3 is 2. The van der Waals surface area contributed by atoms with Gasteiger partial charge in [0.1, 0.15) is 0 Å². The van der Waals surface area contributed by atoms with Crippen molar-refractivity contribution in [3.8, 4) is 0 Å². The molecule has 6 heteroatoms. The maximum absolute atomic E-state index is 11.2. The Morgan fingerprint density at radius 2 is 2.21 bits per heavy atom. The van der Waals surface area contributed by atoms with Gasteiger partial charge in [0, 0.05) is 29.6 Å². The van der Waals surface area contributed by atoms with Crippen LogP contribution >= 0.6 is 27.7 Å². The zero-order chi connectivity index (χ0) is 14.1. The standard InChI is InChI=1S/C13H18BrNO3S/c1-17-6-5-15-8-10-7-11(14)3-4-12(10)19-9-13(16)18-2/h3-4,7,15H,5-6,8-9H2,1-2H3. The smallest absolute Gasteiger partial charge is 0.315 e. The summed E-state index contributed by atoms with van der Waals surface area (Å²) < 4.78 is 10.7. The number of thioether (sulfide) groups is 1. The van der Waals surface area contributed by atoms with Gasteiger partial charge in [0.15, 0.2) is 0 Å². The molecule has 1 aromatic rings. The van der Waals surface area contributed by atoms with Crippen molar-refractivity contribution in [2.45, 2.75) is 11.4 Å². The molecule has 106 valence electrons. The third-order valence-electron chi connectivity index (χ3n) is 2.39. The average molecular weight is 348 g/mol. The summed E-state index contributed by atoms with van der Waals surface area (Å²) in [7, 11) is 3.08. The number of esters is 1. The Bertz CT molecular complexity index is 415. The first-order chi connectivity index (χ1) is 9.17. The number of rotatable bonds is 8. The van der Waals surface area contributed by atoms with Crippen molar-refractivity contribution in [1.82, 2.24) is 5.32 Å². The lowest BCUT2D eigenvalue weighted by molar-refractivity contribution is -0.137. The monoisotopic (exact) mass is 347 g/mol. The molecule has 4 nitrogen and oxygen atoms in total. The number of ether oxygens (including phenoxy) is 2. The zero-order valence-corrected chi connectivity index (χ0v) is 13.5. The zero-order valence-electron chi connectivity index (χ0n) is 11.1. The molecule has 19 heavy (non-hydrogen) atoms. The van der Waals surface area contributed by atoms with Crippen LogP contribution in [0.15, 0.2) is 27.6 Å². The lowest BCUT2D eigenvalue weighted by atomic mass is 10.2. The second-order valence-corrected chi connectivity index (χ2v) is 5.72. The average Bonchev–Trinajstić information content (AvgIpc) is 2.42. The molecular formula is C13H18BrNO3S. The molecule has 0 aliphatic rings. The van der Waals surface area contributed by atoms with E-state index in [-0.39, 0.29) is 5.97 Å². The van der Waals surface area contributed by atoms with Crippen LogP contribution in [0, 0.1) is 0 Å². The second kappa shape index (κ2) is 9.36. The molecule has 1 N–H and O–H groups in total. The van der Waals surface area contributed by atoms with Crippen LogP contribution in [-0.2, 0) is 20.8 Å². The van der Waals surface area contributed by atoms with E-state index < -0.39 is 0 Å². The first-order valence-electron chi connectivity index (χ1n) is 5.85. The number of hydrogen-bond donors (Lipinski definition) is 1. The molecule has 0 unspecified atom stereocenters. The highest BCUT2D eigenvalue weighted by Crippen LogP contribution is 2.26. The van der Waals surface area contributed by atoms with Crippen molar-refractivity contribution >= 4 is 33.7 Å². The molecule has 1 rings (SSSR count). The Hall–Kier alpha value is -0.560. The number of benzene rings is 1. The normalized spacial score (nSPS) is 10.5. The molecule has 1 aromatic carbocycles. The molecule has 0 radical (unpaired) electrons. The van der Waals surface area contributed by atoms with Gasteiger partial charge >= 0.3 is 5.97 Å². The highest BCUT2D eigenvalue weighted by molar-refractivity contribution is 9.10. The molecule has 0 aromatic heterocycles. The minimum absolute atomic E-state index is 0.216. The minimum Gasteiger partial charge on any atom is -0.468 e. The molecule has 0 saturated carbocycles. The first kappa shape index (κ1) is 16.5. The van der Waals surface area contributed by atoms with Crippen molar-refractivity contribution in [3.63, 3.8) is 0 Å². The van der Waals surface area contributed by atoms with Gasteiger partial charge in [0.25, 0.3) is 0 Å². The molecule has 0 saturated heterocycles. The lowest BCUT2D eigenvalue weighted by Crippen LogP contribution is -2.19. The summed E-state index contributed by atoms with van der Waals surface area (Å²) in [6, 6.07) is 6.03. The predicted octanol–water partition coefficient (Wildman–Crippen LogP) is 2.45. The van der Waals surface area contributed by atoms with Gasteiger partial charge in [0.2, 0.25) is 0 Å². The van der Waals surface area contributed by atoms with Crippen molar-refractivity contribution in [1.29, 1.82) is 0 Å². The van der Waals surface area contributed by atoms with Crippen LogP contribution < -0.4 is 5.32 Å². The fourth-order valence-corrected chi connectivity index (χ4v) is 2.70. The summed E-state index contributed by atoms with van der Waals surface area (Å²) in [6.07, 6.45) is 0. The Labute approximate surface area is 126 Å². The van der Waals surface area contributed by atoms with Crippen LogP contribution in [-0.4, -0.2) is 39.1 Å². The van der Waals surface area contributed by atoms with Crippen molar-refractivity contribution < 1.29 is 14.3 Å². The minimum atomic E-state index is -0.216. The second-order valence-electron chi connectivity index (χ2n) is 3.79. The van der Waals surface area contributed by atoms with E-state index in [0.29, 0.717) is 12.4 Å². The Morgan fingerprint density at radius 1 is 1.42 bits per heavy atom. The van der Waals surface area contributed by atoms with E-state index in [2.05, 4.69) is 32.0 Å². The van der Waals surface area contributed by atoms with Gasteiger partial charge < -0.3 is 14.8 Å². The number of nitrogens with one attached hydrogen (secondary N) is 1. The van der Waals surface area contributed by atoms with E-state index in [0.717, 1.165) is 28.0 Å². The van der Waals surface area contributed by atoms with Gasteiger partial charge in [-0.1, -0.05) is 15.9 Å². The fourth-order valence-electron chi connectivity index (χ4n) is 1.42. The van der Waals surface area contributed by atoms with Crippen molar-refractivity contribution in [3.05, 3.63) is 28.2 Å². The van der Waals surface area contributed by atoms with E-state index in [1.807, 2.05) is 12.1 Å². The highest BCUT2D eigenvalue weighted by Gasteiger charge is 2.07. The Morgan fingerprint density at radius 3 is 2.89 bits per heavy atom. The van der Waals surface area contributed by atoms with Gasteiger partial charge in [-0.15, -0.1) is 11.8 Å². The van der Waals surface area contributed by atoms with E-state index in [1.54, 1.807) is 7.11 Å². The maximum Gasteiger partial charge on any atom is 0.315 e. The quantitative estimate of drug-likeness (QED) is 0.444. The summed E-state index contributed by atoms with van der Waals surface area (Å²) in [5.74, 6) is 0.106. The number of hydrogen-bond acceptors (Lipinski definition) is 5. The van der Waals surface area contributed by atoms with Crippen LogP contribution in [0.4, 0.5) is 0 Å². The molecule has 0 aliphatic carbocycles. The molecule has 0 fully saturated rings. The summed E-state index contributed by atoms with van der Waals surface area (Å²) in [5, 5.41) is 3.30. The van der Waals surface area contributed by atoms with E-state index in [9.17, 15) is 4.79 Å². The van der Waals surface area contributed by atoms with Gasteiger partial charge in [-0.2, -0.15) is 0 Å². The molecule has 0 amide bonds. The first-order valence-corrected chi connectivity index (χ1v) is 7.63. The van der Waals surface area contributed by atoms with Crippen LogP contribution in [0.2, 0.25) is 0 Å². The molecular weight excluding hydrogens is 330 g/mol. The fraction of sp³-hybridized carbons (Fsp3) is 0.462. The van der Waals surface area contributed by atoms with Crippen LogP contribution in [0.25, 0.3) is 0 Å². The Kier molecular flexibility index (Phi) is 8.13. The van der Waals surface area contributed by atoms with Crippen LogP contribution in [0.3, 0.4) is 0 Å². The predicted molar refractivity (Wildman–Crippen MR) is 80.5 cm³/mol. The highest BCUT2D eigenvalue weighted by atomic mass is 79.9. The van der Waals surface area contributed by atoms with Gasteiger partial charge in [-0.3, -0.25) is 4.79 Å². The van der Waals surface area contributed by atoms with E-state index in [1.165, 1.54) is 18.9 Å². The van der Waals surface area contributed by atoms with Crippen LogP contribution in [0.1, 0.15) is 5.56 Å². The van der Waals surface area contributed by atoms with Crippen molar-refractivity contribution in [2.24, 2.45) is 0 Å². The van der Waals surface area contributed by atoms with Gasteiger partial charge in [-0.25, -0.2) is 0 Å². The van der Waals surface area contributed by atoms with Crippen LogP contribution in [0.5, 0.6) is 0 Å². The van der Waals surface area contributed by atoms with Crippen molar-refractivity contribution in [2.75, 3.05) is 33.1 Å². The largest absolute Gasteiger partial charge is 0.468 e. The van der Waals surface area contributed by atoms with E-state index in [4.69, 9.17) is 4.74 Å². The summed E-state index contributed by atoms with van der Waals surface area (Å²) in [5.41, 5.74) is 1.15. The topological polar surface area (TPSA) is 47.6 Å². The lowest BCUT2D eigenvalue weighted by Gasteiger charge is -2.10. The Balaban J connectivity index is 2.60. The molecule has 0 aliphatic heterocycles. The summed E-state index contributed by atoms with van der Waals surface area (Å²) >= 11 is 4.94. The number of carbonyl (C=O) groups excluding carboxylic acids is 1. The summed E-state index contributed by atoms with van der Waals surface area (Å²) in [4.78, 5) is 12.3. The van der Waals surface area contributed by atoms with E-state index >= 15 is 0 Å².